The minimum atomic E-state index is -0.0836. The van der Waals surface area contributed by atoms with Crippen LogP contribution >= 0.6 is 0 Å². The van der Waals surface area contributed by atoms with E-state index >= 15 is 0 Å². The summed E-state index contributed by atoms with van der Waals surface area (Å²) < 4.78 is 0. The van der Waals surface area contributed by atoms with Crippen molar-refractivity contribution in [1.82, 2.24) is 0 Å². The number of aliphatic hydroxyl groups excluding tert-OH is 2. The molecule has 0 unspecified atom stereocenters. The number of rotatable bonds is 4. The van der Waals surface area contributed by atoms with Crippen molar-refractivity contribution < 1.29 is 10.2 Å². The summed E-state index contributed by atoms with van der Waals surface area (Å²) in [7, 11) is 0. The molecule has 2 heteroatoms. The standard InChI is InChI=1S/C10H16O2/c1-2-3-4-5-6-10(9-12)7-8-11/h7,11-12H,2-4,8-9H2,1H3/b10-7-. The SMILES string of the molecule is CCCCC#C/C(=C/CO)CO. The molecule has 12 heavy (non-hydrogen) atoms. The van der Waals surface area contributed by atoms with Gasteiger partial charge in [-0.3, -0.25) is 0 Å². The number of hydrogen-bond donors (Lipinski definition) is 2. The van der Waals surface area contributed by atoms with Crippen LogP contribution in [0.25, 0.3) is 0 Å². The summed E-state index contributed by atoms with van der Waals surface area (Å²) in [6, 6.07) is 0. The highest BCUT2D eigenvalue weighted by Crippen LogP contribution is 1.93. The summed E-state index contributed by atoms with van der Waals surface area (Å²) in [5.74, 6) is 5.74. The van der Waals surface area contributed by atoms with Crippen LogP contribution in [0.15, 0.2) is 11.6 Å². The third kappa shape index (κ3) is 5.96. The van der Waals surface area contributed by atoms with Gasteiger partial charge in [0.15, 0.2) is 0 Å². The summed E-state index contributed by atoms with van der Waals surface area (Å²) in [5.41, 5.74) is 0.605. The monoisotopic (exact) mass is 168 g/mol. The average molecular weight is 168 g/mol. The lowest BCUT2D eigenvalue weighted by Crippen LogP contribution is -1.88. The van der Waals surface area contributed by atoms with Crippen LogP contribution in [0.2, 0.25) is 0 Å². The molecule has 0 fully saturated rings. The van der Waals surface area contributed by atoms with E-state index in [9.17, 15) is 0 Å². The van der Waals surface area contributed by atoms with Crippen molar-refractivity contribution in [3.63, 3.8) is 0 Å². The van der Waals surface area contributed by atoms with Gasteiger partial charge in [-0.1, -0.05) is 25.2 Å². The quantitative estimate of drug-likeness (QED) is 0.487. The summed E-state index contributed by atoms with van der Waals surface area (Å²) in [5, 5.41) is 17.2. The number of hydrogen-bond acceptors (Lipinski definition) is 2. The van der Waals surface area contributed by atoms with Crippen LogP contribution in [0.4, 0.5) is 0 Å². The van der Waals surface area contributed by atoms with E-state index in [4.69, 9.17) is 10.2 Å². The normalized spacial score (nSPS) is 10.8. The molecule has 68 valence electrons. The van der Waals surface area contributed by atoms with Gasteiger partial charge in [0.05, 0.1) is 13.2 Å². The second-order valence-electron chi connectivity index (χ2n) is 2.48. The zero-order valence-electron chi connectivity index (χ0n) is 7.51. The number of aliphatic hydroxyl groups is 2. The number of unbranched alkanes of at least 4 members (excludes halogenated alkanes) is 2. The Labute approximate surface area is 73.9 Å². The van der Waals surface area contributed by atoms with Crippen molar-refractivity contribution >= 4 is 0 Å². The summed E-state index contributed by atoms with van der Waals surface area (Å²) in [6.45, 7) is 1.97. The van der Waals surface area contributed by atoms with Crippen molar-refractivity contribution in [1.29, 1.82) is 0 Å². The first kappa shape index (κ1) is 11.2. The maximum absolute atomic E-state index is 8.73. The fourth-order valence-corrected chi connectivity index (χ4v) is 0.706. The molecule has 0 amide bonds. The molecular formula is C10H16O2. The Morgan fingerprint density at radius 3 is 2.67 bits per heavy atom. The van der Waals surface area contributed by atoms with Crippen LogP contribution in [0.1, 0.15) is 26.2 Å². The lowest BCUT2D eigenvalue weighted by Gasteiger charge is -1.90. The molecule has 0 aliphatic carbocycles. The highest BCUT2D eigenvalue weighted by molar-refractivity contribution is 5.28. The van der Waals surface area contributed by atoms with Crippen LogP contribution in [0.5, 0.6) is 0 Å². The molecule has 2 N–H and O–H groups in total. The largest absolute Gasteiger partial charge is 0.392 e. The molecule has 0 bridgehead atoms. The summed E-state index contributed by atoms with van der Waals surface area (Å²) in [4.78, 5) is 0. The first-order chi connectivity index (χ1) is 5.85. The Bertz CT molecular complexity index is 184. The predicted molar refractivity (Wildman–Crippen MR) is 49.6 cm³/mol. The zero-order valence-corrected chi connectivity index (χ0v) is 7.51. The van der Waals surface area contributed by atoms with Crippen molar-refractivity contribution in [2.45, 2.75) is 26.2 Å². The van der Waals surface area contributed by atoms with Crippen molar-refractivity contribution in [3.8, 4) is 11.8 Å². The molecule has 0 aromatic rings. The Morgan fingerprint density at radius 1 is 1.42 bits per heavy atom. The predicted octanol–water partition coefficient (Wildman–Crippen LogP) is 1.09. The molecule has 0 rings (SSSR count). The van der Waals surface area contributed by atoms with Crippen LogP contribution < -0.4 is 0 Å². The molecule has 0 saturated carbocycles. The van der Waals surface area contributed by atoms with Gasteiger partial charge in [0.1, 0.15) is 0 Å². The minimum Gasteiger partial charge on any atom is -0.392 e. The van der Waals surface area contributed by atoms with Crippen molar-refractivity contribution in [2.75, 3.05) is 13.2 Å². The van der Waals surface area contributed by atoms with Gasteiger partial charge in [0.25, 0.3) is 0 Å². The van der Waals surface area contributed by atoms with E-state index in [1.165, 1.54) is 6.08 Å². The summed E-state index contributed by atoms with van der Waals surface area (Å²) in [6.07, 6.45) is 4.61. The maximum atomic E-state index is 8.73. The molecule has 0 aliphatic heterocycles. The van der Waals surface area contributed by atoms with E-state index in [1.807, 2.05) is 0 Å². The molecule has 0 saturated heterocycles. The molecule has 0 spiro atoms. The van der Waals surface area contributed by atoms with Gasteiger partial charge in [-0.2, -0.15) is 0 Å². The average Bonchev–Trinajstić information content (AvgIpc) is 2.10. The van der Waals surface area contributed by atoms with E-state index in [0.717, 1.165) is 19.3 Å². The van der Waals surface area contributed by atoms with Crippen LogP contribution in [0, 0.1) is 11.8 Å². The second-order valence-corrected chi connectivity index (χ2v) is 2.48. The summed E-state index contributed by atoms with van der Waals surface area (Å²) >= 11 is 0. The zero-order chi connectivity index (χ0) is 9.23. The second kappa shape index (κ2) is 8.32. The first-order valence-corrected chi connectivity index (χ1v) is 4.24. The van der Waals surface area contributed by atoms with Crippen LogP contribution in [-0.2, 0) is 0 Å². The first-order valence-electron chi connectivity index (χ1n) is 4.24. The molecule has 0 atom stereocenters. The van der Waals surface area contributed by atoms with Crippen LogP contribution in [-0.4, -0.2) is 23.4 Å². The van der Waals surface area contributed by atoms with Gasteiger partial charge in [0, 0.05) is 12.0 Å². The fourth-order valence-electron chi connectivity index (χ4n) is 0.706. The van der Waals surface area contributed by atoms with Crippen LogP contribution in [0.3, 0.4) is 0 Å². The van der Waals surface area contributed by atoms with E-state index in [-0.39, 0.29) is 13.2 Å². The molecule has 0 radical (unpaired) electrons. The maximum Gasteiger partial charge on any atom is 0.0757 e. The van der Waals surface area contributed by atoms with Gasteiger partial charge in [0.2, 0.25) is 0 Å². The fraction of sp³-hybridized carbons (Fsp3) is 0.600. The minimum absolute atomic E-state index is 0.0572. The lowest BCUT2D eigenvalue weighted by atomic mass is 10.2. The van der Waals surface area contributed by atoms with E-state index in [1.54, 1.807) is 0 Å². The van der Waals surface area contributed by atoms with Crippen molar-refractivity contribution in [2.24, 2.45) is 0 Å². The van der Waals surface area contributed by atoms with E-state index in [0.29, 0.717) is 5.57 Å². The van der Waals surface area contributed by atoms with Gasteiger partial charge >= 0.3 is 0 Å². The Hall–Kier alpha value is -0.780. The topological polar surface area (TPSA) is 40.5 Å². The molecular weight excluding hydrogens is 152 g/mol. The van der Waals surface area contributed by atoms with Crippen molar-refractivity contribution in [3.05, 3.63) is 11.6 Å². The molecule has 0 aromatic heterocycles. The third-order valence-electron chi connectivity index (χ3n) is 1.41. The highest BCUT2D eigenvalue weighted by Gasteiger charge is 1.86. The molecule has 0 heterocycles. The van der Waals surface area contributed by atoms with E-state index in [2.05, 4.69) is 18.8 Å². The van der Waals surface area contributed by atoms with Gasteiger partial charge in [-0.05, 0) is 12.5 Å². The molecule has 2 nitrogen and oxygen atoms in total. The highest BCUT2D eigenvalue weighted by atomic mass is 16.3. The Balaban J connectivity index is 3.80. The smallest absolute Gasteiger partial charge is 0.0757 e. The van der Waals surface area contributed by atoms with E-state index < -0.39 is 0 Å². The third-order valence-corrected chi connectivity index (χ3v) is 1.41. The Kier molecular flexibility index (Phi) is 7.78. The van der Waals surface area contributed by atoms with Gasteiger partial charge in [-0.25, -0.2) is 0 Å². The van der Waals surface area contributed by atoms with Gasteiger partial charge < -0.3 is 10.2 Å². The molecule has 0 aromatic carbocycles. The Morgan fingerprint density at radius 2 is 2.17 bits per heavy atom. The lowest BCUT2D eigenvalue weighted by molar-refractivity contribution is 0.324. The van der Waals surface area contributed by atoms with Gasteiger partial charge in [-0.15, -0.1) is 0 Å². The molecule has 0 aliphatic rings.